The second-order valence-electron chi connectivity index (χ2n) is 6.82. The maximum Gasteiger partial charge on any atom is 0.410 e. The van der Waals surface area contributed by atoms with Gasteiger partial charge >= 0.3 is 6.09 Å². The van der Waals surface area contributed by atoms with Crippen LogP contribution in [-0.2, 0) is 4.74 Å². The zero-order chi connectivity index (χ0) is 15.9. The van der Waals surface area contributed by atoms with Crippen LogP contribution in [0.15, 0.2) is 22.7 Å². The van der Waals surface area contributed by atoms with Crippen LogP contribution < -0.4 is 10.2 Å². The molecule has 1 atom stereocenters. The van der Waals surface area contributed by atoms with Crippen LogP contribution in [0.1, 0.15) is 20.8 Å². The van der Waals surface area contributed by atoms with E-state index in [9.17, 15) is 4.79 Å². The minimum atomic E-state index is -0.447. The van der Waals surface area contributed by atoms with Crippen molar-refractivity contribution in [3.8, 4) is 0 Å². The van der Waals surface area contributed by atoms with Gasteiger partial charge in [-0.15, -0.1) is 0 Å². The molecule has 1 fully saturated rings. The molecule has 2 aliphatic rings. The van der Waals surface area contributed by atoms with Crippen LogP contribution in [0.4, 0.5) is 16.2 Å². The van der Waals surface area contributed by atoms with Crippen LogP contribution >= 0.6 is 15.9 Å². The van der Waals surface area contributed by atoms with Gasteiger partial charge in [0, 0.05) is 30.7 Å². The zero-order valence-corrected chi connectivity index (χ0v) is 14.8. The monoisotopic (exact) mass is 367 g/mol. The summed E-state index contributed by atoms with van der Waals surface area (Å²) in [5, 5.41) is 3.46. The number of hydrogen-bond donors (Lipinski definition) is 1. The molecule has 120 valence electrons. The van der Waals surface area contributed by atoms with Crippen molar-refractivity contribution < 1.29 is 9.53 Å². The third kappa shape index (κ3) is 3.16. The number of benzene rings is 1. The number of halogens is 1. The molecule has 2 aliphatic heterocycles. The molecule has 0 radical (unpaired) electrons. The van der Waals surface area contributed by atoms with Crippen molar-refractivity contribution in [3.63, 3.8) is 0 Å². The lowest BCUT2D eigenvalue weighted by atomic mass is 10.1. The molecule has 1 aromatic carbocycles. The van der Waals surface area contributed by atoms with Gasteiger partial charge in [0.2, 0.25) is 0 Å². The molecule has 0 aromatic heterocycles. The van der Waals surface area contributed by atoms with Crippen LogP contribution in [0.25, 0.3) is 0 Å². The Hall–Kier alpha value is -1.43. The van der Waals surface area contributed by atoms with Gasteiger partial charge in [-0.1, -0.05) is 15.9 Å². The smallest absolute Gasteiger partial charge is 0.410 e. The highest BCUT2D eigenvalue weighted by Gasteiger charge is 2.34. The molecule has 0 spiro atoms. The Morgan fingerprint density at radius 1 is 1.36 bits per heavy atom. The first-order valence-corrected chi connectivity index (χ1v) is 8.41. The maximum absolute atomic E-state index is 12.2. The van der Waals surface area contributed by atoms with E-state index in [1.54, 1.807) is 0 Å². The molecule has 5 nitrogen and oxygen atoms in total. The quantitative estimate of drug-likeness (QED) is 0.763. The lowest BCUT2D eigenvalue weighted by Crippen LogP contribution is -2.59. The summed E-state index contributed by atoms with van der Waals surface area (Å²) in [6.45, 7) is 8.76. The van der Waals surface area contributed by atoms with Crippen molar-refractivity contribution in [1.29, 1.82) is 0 Å². The van der Waals surface area contributed by atoms with E-state index >= 15 is 0 Å². The van der Waals surface area contributed by atoms with E-state index < -0.39 is 5.60 Å². The van der Waals surface area contributed by atoms with Crippen LogP contribution in [0, 0.1) is 0 Å². The van der Waals surface area contributed by atoms with Gasteiger partial charge in [0.05, 0.1) is 17.4 Å². The Balaban J connectivity index is 1.71. The second-order valence-corrected chi connectivity index (χ2v) is 7.73. The number of carbonyl (C=O) groups excluding carboxylic acids is 1. The van der Waals surface area contributed by atoms with Gasteiger partial charge in [-0.3, -0.25) is 0 Å². The van der Waals surface area contributed by atoms with Gasteiger partial charge in [0.25, 0.3) is 0 Å². The number of carbonyl (C=O) groups is 1. The highest BCUT2D eigenvalue weighted by atomic mass is 79.9. The lowest BCUT2D eigenvalue weighted by Gasteiger charge is -2.46. The fourth-order valence-corrected chi connectivity index (χ4v) is 3.33. The number of hydrogen-bond acceptors (Lipinski definition) is 4. The van der Waals surface area contributed by atoms with Crippen molar-refractivity contribution in [2.75, 3.05) is 36.4 Å². The molecule has 1 saturated heterocycles. The molecule has 3 rings (SSSR count). The first kappa shape index (κ1) is 15.5. The number of anilines is 2. The van der Waals surface area contributed by atoms with Crippen molar-refractivity contribution >= 4 is 33.4 Å². The zero-order valence-electron chi connectivity index (χ0n) is 13.2. The molecule has 2 heterocycles. The summed E-state index contributed by atoms with van der Waals surface area (Å²) in [5.41, 5.74) is 1.91. The SMILES string of the molecule is CC(C)(C)OC(=O)N1CCN2c3ccc(Br)cc3NC[C@H]2C1. The maximum atomic E-state index is 12.2. The largest absolute Gasteiger partial charge is 0.444 e. The lowest BCUT2D eigenvalue weighted by molar-refractivity contribution is 0.0217. The Bertz CT molecular complexity index is 585. The molecule has 1 N–H and O–H groups in total. The summed E-state index contributed by atoms with van der Waals surface area (Å²) in [7, 11) is 0. The number of ether oxygens (including phenoxy) is 1. The fourth-order valence-electron chi connectivity index (χ4n) is 2.97. The van der Waals surface area contributed by atoms with Gasteiger partial charge in [-0.25, -0.2) is 4.79 Å². The number of amides is 1. The molecule has 0 bridgehead atoms. The second kappa shape index (κ2) is 5.65. The predicted molar refractivity (Wildman–Crippen MR) is 91.6 cm³/mol. The van der Waals surface area contributed by atoms with E-state index in [2.05, 4.69) is 44.3 Å². The Labute approximate surface area is 139 Å². The van der Waals surface area contributed by atoms with Gasteiger partial charge < -0.3 is 19.9 Å². The molecule has 0 unspecified atom stereocenters. The van der Waals surface area contributed by atoms with Crippen LogP contribution in [-0.4, -0.2) is 48.8 Å². The first-order valence-electron chi connectivity index (χ1n) is 7.61. The number of nitrogens with one attached hydrogen (secondary N) is 1. The van der Waals surface area contributed by atoms with E-state index in [-0.39, 0.29) is 12.1 Å². The van der Waals surface area contributed by atoms with Crippen molar-refractivity contribution in [3.05, 3.63) is 22.7 Å². The van der Waals surface area contributed by atoms with Crippen LogP contribution in [0.2, 0.25) is 0 Å². The standard InChI is InChI=1S/C16H22BrN3O2/c1-16(2,3)22-15(21)19-6-7-20-12(10-19)9-18-13-8-11(17)4-5-14(13)20/h4-5,8,12,18H,6-7,9-10H2,1-3H3/t12-/m0/s1. The summed E-state index contributed by atoms with van der Waals surface area (Å²) in [6.07, 6.45) is -0.214. The molecule has 22 heavy (non-hydrogen) atoms. The Kier molecular flexibility index (Phi) is 3.97. The Morgan fingerprint density at radius 3 is 2.86 bits per heavy atom. The Morgan fingerprint density at radius 2 is 2.14 bits per heavy atom. The van der Waals surface area contributed by atoms with Crippen molar-refractivity contribution in [1.82, 2.24) is 4.90 Å². The van der Waals surface area contributed by atoms with E-state index in [4.69, 9.17) is 4.74 Å². The third-order valence-electron chi connectivity index (χ3n) is 3.93. The average molecular weight is 368 g/mol. The first-order chi connectivity index (χ1) is 10.3. The summed E-state index contributed by atoms with van der Waals surface area (Å²) in [4.78, 5) is 16.4. The molecular formula is C16H22BrN3O2. The van der Waals surface area contributed by atoms with Gasteiger partial charge in [0.1, 0.15) is 5.60 Å². The summed E-state index contributed by atoms with van der Waals surface area (Å²) >= 11 is 3.51. The van der Waals surface area contributed by atoms with E-state index in [1.807, 2.05) is 25.7 Å². The minimum Gasteiger partial charge on any atom is -0.444 e. The average Bonchev–Trinajstić information content (AvgIpc) is 2.44. The topological polar surface area (TPSA) is 44.8 Å². The van der Waals surface area contributed by atoms with Crippen LogP contribution in [0.3, 0.4) is 0 Å². The van der Waals surface area contributed by atoms with E-state index in [0.29, 0.717) is 13.1 Å². The molecule has 0 aliphatic carbocycles. The summed E-state index contributed by atoms with van der Waals surface area (Å²) in [5.74, 6) is 0. The number of rotatable bonds is 0. The van der Waals surface area contributed by atoms with Crippen molar-refractivity contribution in [2.45, 2.75) is 32.4 Å². The summed E-state index contributed by atoms with van der Waals surface area (Å²) in [6, 6.07) is 6.58. The highest BCUT2D eigenvalue weighted by molar-refractivity contribution is 9.10. The molecule has 1 amide bonds. The molecule has 6 heteroatoms. The minimum absolute atomic E-state index is 0.214. The van der Waals surface area contributed by atoms with Gasteiger partial charge in [0.15, 0.2) is 0 Å². The van der Waals surface area contributed by atoms with Crippen molar-refractivity contribution in [2.24, 2.45) is 0 Å². The van der Waals surface area contributed by atoms with E-state index in [0.717, 1.165) is 23.2 Å². The normalized spacial score (nSPS) is 20.8. The predicted octanol–water partition coefficient (Wildman–Crippen LogP) is 3.30. The molecule has 1 aromatic rings. The van der Waals surface area contributed by atoms with Gasteiger partial charge in [-0.05, 0) is 39.0 Å². The number of fused-ring (bicyclic) bond motifs is 3. The summed E-state index contributed by atoms with van der Waals surface area (Å²) < 4.78 is 6.56. The number of piperazine rings is 1. The third-order valence-corrected chi connectivity index (χ3v) is 4.42. The number of nitrogens with zero attached hydrogens (tertiary/aromatic N) is 2. The highest BCUT2D eigenvalue weighted by Crippen LogP contribution is 2.35. The fraction of sp³-hybridized carbons (Fsp3) is 0.562. The molecule has 0 saturated carbocycles. The van der Waals surface area contributed by atoms with Crippen LogP contribution in [0.5, 0.6) is 0 Å². The van der Waals surface area contributed by atoms with E-state index in [1.165, 1.54) is 5.69 Å². The molecular weight excluding hydrogens is 346 g/mol. The van der Waals surface area contributed by atoms with Gasteiger partial charge in [-0.2, -0.15) is 0 Å².